The van der Waals surface area contributed by atoms with Crippen LogP contribution in [-0.2, 0) is 161 Å². The van der Waals surface area contributed by atoms with Crippen LogP contribution in [0, 0.1) is 0 Å². The van der Waals surface area contributed by atoms with Crippen LogP contribution in [0.4, 0.5) is 0 Å². The van der Waals surface area contributed by atoms with Crippen molar-refractivity contribution in [2.24, 2.45) is 0 Å². The Kier molecular flexibility index (Phi) is 94.2. The highest BCUT2D eigenvalue weighted by Crippen LogP contribution is 2.31. The molecule has 52 heteroatoms. The number of carbonyl (C=O) groups is 4. The van der Waals surface area contributed by atoms with Crippen molar-refractivity contribution in [3.63, 3.8) is 0 Å². The minimum absolute atomic E-state index is 0.0121. The topological polar surface area (TPSA) is 364 Å². The van der Waals surface area contributed by atoms with Gasteiger partial charge in [-0.3, -0.25) is 19.2 Å². The molecule has 36 nitrogen and oxygen atoms in total. The van der Waals surface area contributed by atoms with Crippen molar-refractivity contribution >= 4 is 164 Å². The van der Waals surface area contributed by atoms with Crippen LogP contribution in [0.5, 0.6) is 0 Å². The zero-order chi connectivity index (χ0) is 102. The summed E-state index contributed by atoms with van der Waals surface area (Å²) >= 11 is 0. The van der Waals surface area contributed by atoms with Crippen molar-refractivity contribution in [1.29, 1.82) is 0 Å². The molecule has 4 unspecified atom stereocenters. The Morgan fingerprint density at radius 3 is 0.785 bits per heavy atom. The molecule has 0 aromatic rings. The molecule has 0 N–H and O–H groups in total. The van der Waals surface area contributed by atoms with Gasteiger partial charge in [0, 0.05) is 265 Å². The first-order valence-electron chi connectivity index (χ1n) is 45.2. The molecule has 0 rings (SSSR count). The van der Waals surface area contributed by atoms with Crippen LogP contribution in [0.1, 0.15) is 111 Å². The lowest BCUT2D eigenvalue weighted by Gasteiger charge is -2.31. The zero-order valence-electron chi connectivity index (χ0n) is 89.4. The van der Waals surface area contributed by atoms with Crippen LogP contribution in [0.15, 0.2) is 24.6 Å². The summed E-state index contributed by atoms with van der Waals surface area (Å²) in [7, 11) is 0.805. The van der Waals surface area contributed by atoms with E-state index in [4.69, 9.17) is 142 Å². The van der Waals surface area contributed by atoms with Crippen molar-refractivity contribution in [2.45, 2.75) is 271 Å². The first kappa shape index (κ1) is 145. The molecule has 0 aliphatic rings. The van der Waals surface area contributed by atoms with E-state index < -0.39 is 164 Å². The van der Waals surface area contributed by atoms with Crippen LogP contribution in [-0.4, -0.2) is 359 Å². The Balaban J connectivity index is -0.000000219. The van der Waals surface area contributed by atoms with Crippen LogP contribution < -0.4 is 0 Å². The van der Waals surface area contributed by atoms with E-state index in [0.29, 0.717) is 51.7 Å². The maximum atomic E-state index is 11.3. The number of hydrogen-bond donors (Lipinski definition) is 0. The molecule has 130 heavy (non-hydrogen) atoms. The largest absolute Gasteiger partial charge is 0.704 e. The van der Waals surface area contributed by atoms with Gasteiger partial charge < -0.3 is 142 Å². The summed E-state index contributed by atoms with van der Waals surface area (Å²) in [6, 6.07) is 17.8. The van der Waals surface area contributed by atoms with Crippen molar-refractivity contribution in [3.8, 4) is 0 Å². The Morgan fingerprint density at radius 1 is 0.262 bits per heavy atom. The Bertz CT molecular complexity index is 2530. The van der Waals surface area contributed by atoms with E-state index in [-0.39, 0.29) is 6.04 Å². The van der Waals surface area contributed by atoms with Crippen LogP contribution in [0.25, 0.3) is 0 Å². The molecular weight excluding hydrogens is 1960 g/mol. The van der Waals surface area contributed by atoms with Gasteiger partial charge in [-0.25, -0.2) is 0 Å². The molecule has 0 saturated carbocycles. The Hall–Kier alpha value is -0.290. The molecule has 0 aromatic carbocycles. The molecule has 0 heterocycles. The standard InChI is InChI=1S/C12H22O8Si2.C12H30O4Si2.C11H28O4Si2.C10H26O4Si2.C10H22O4Si2.2C8H22O4Si2.C7H20O4Si2/c1-9(13)17-21(5,6)7-8-22(18-10(2)14,19-11(3)15)20-12(4)16;1-6-13-17(10-5)11-12-18(14-7-2,15-8-3)16-9-4;1-6-12-16(5)10-11-17(13-7-2,14-8-3)15-9-4;2*1-7-15(8-2,11-3)9-10-16(12-4,13-5)14-6;1-9-13(5,6)7-8-14(10-2,11-3)12-4;1-6-13(9-2)7-8-14(10-3,11-4)12-5;1-8-12(5)6-7-13(9-2,10-3)11-4/h7-8H2,1-6H3;17H,6-12H2,1-5H3;16H,6-11H2,1-5H3;7-10H2,1-6H3;7-8H,1-2,9-10H2,3-6H3;7-8H2,1-6H3;13H,6-8H2,1-5H3;12H,6-7H2,1-5H3. The molecule has 0 aromatic heterocycles. The minimum Gasteiger partial charge on any atom is -0.520 e. The lowest BCUT2D eigenvalue weighted by molar-refractivity contribution is -0.148. The molecule has 0 bridgehead atoms. The van der Waals surface area contributed by atoms with Crippen LogP contribution in [0.2, 0.25) is 160 Å². The monoisotopic (exact) mass is 2150 g/mol. The fourth-order valence-electron chi connectivity index (χ4n) is 12.4. The third kappa shape index (κ3) is 66.4. The summed E-state index contributed by atoms with van der Waals surface area (Å²) in [6.07, 6.45) is 0. The van der Waals surface area contributed by atoms with Crippen LogP contribution in [0.3, 0.4) is 0 Å². The quantitative estimate of drug-likeness (QED) is 0.0510. The molecule has 0 saturated heterocycles. The van der Waals surface area contributed by atoms with E-state index in [0.717, 1.165) is 137 Å². The van der Waals surface area contributed by atoms with Gasteiger partial charge in [0.1, 0.15) is 0 Å². The molecule has 0 fully saturated rings. The van der Waals surface area contributed by atoms with Gasteiger partial charge in [-0.15, -0.1) is 13.2 Å². The van der Waals surface area contributed by atoms with E-state index in [9.17, 15) is 19.2 Å². The first-order chi connectivity index (χ1) is 61.1. The summed E-state index contributed by atoms with van der Waals surface area (Å²) < 4.78 is 175. The van der Waals surface area contributed by atoms with E-state index in [1.165, 1.54) is 6.92 Å². The second kappa shape index (κ2) is 84.4. The van der Waals surface area contributed by atoms with Gasteiger partial charge in [-0.1, -0.05) is 39.1 Å². The highest BCUT2D eigenvalue weighted by Gasteiger charge is 2.54. The van der Waals surface area contributed by atoms with E-state index >= 15 is 0 Å². The molecule has 0 spiro atoms. The lowest BCUT2D eigenvalue weighted by atomic mass is 10.8. The predicted octanol–water partition coefficient (Wildman–Crippen LogP) is 14.9. The minimum atomic E-state index is -3.85. The molecular formula is C78H192O36Si16. The number of rotatable bonds is 70. The molecule has 0 aliphatic heterocycles. The maximum absolute atomic E-state index is 11.3. The first-order valence-corrected chi connectivity index (χ1v) is 80.8. The average Bonchev–Trinajstić information content (AvgIpc) is 0.834. The molecule has 4 atom stereocenters. The molecule has 0 aliphatic carbocycles. The molecule has 0 radical (unpaired) electrons. The van der Waals surface area contributed by atoms with Gasteiger partial charge >= 0.3 is 70.4 Å². The SMILES string of the molecule is C=C[Si](C=C)(CC[Si](OC)(OC)OC)OC.CC(=O)O[Si](C)(C)CC[Si](OC(C)=O)(OC(C)=O)OC(C)=O.CCO[SiH](C)CC[Si](OCC)(OCC)OCC.CCO[SiH](CC)CC[Si](OCC)(OCC)OCC.CC[SiH](CC[Si](OC)(OC)OC)OC.CC[Si](CC)(CC[Si](OC)(OC)OC)OC.CO[SiH](C)CC[Si](OC)(OC)OC.CO[Si](C)(C)CC[Si](OC)(OC)OC. The maximum Gasteiger partial charge on any atom is 0.704 e. The third-order valence-electron chi connectivity index (χ3n) is 21.0. The van der Waals surface area contributed by atoms with E-state index in [1.54, 1.807) is 148 Å². The normalized spacial score (nSPS) is 13.2. The second-order valence-electron chi connectivity index (χ2n) is 30.1. The van der Waals surface area contributed by atoms with E-state index in [1.807, 2.05) is 67.0 Å². The third-order valence-corrected chi connectivity index (χ3v) is 69.6. The summed E-state index contributed by atoms with van der Waals surface area (Å²) in [6.45, 7) is 54.9. The summed E-state index contributed by atoms with van der Waals surface area (Å²) in [4.78, 5) is 44.9. The zero-order valence-corrected chi connectivity index (χ0v) is 106. The summed E-state index contributed by atoms with van der Waals surface area (Å²) in [5.74, 6) is -2.58. The van der Waals surface area contributed by atoms with Crippen molar-refractivity contribution < 1.29 is 161 Å². The van der Waals surface area contributed by atoms with Gasteiger partial charge in [0.15, 0.2) is 52.8 Å². The summed E-state index contributed by atoms with van der Waals surface area (Å²) in [5.41, 5.74) is 3.72. The fraction of sp³-hybridized carbons (Fsp3) is 0.897. The Labute approximate surface area is 809 Å². The lowest BCUT2D eigenvalue weighted by Crippen LogP contribution is -2.50. The van der Waals surface area contributed by atoms with Crippen molar-refractivity contribution in [2.75, 3.05) is 195 Å². The molecule has 0 amide bonds. The van der Waals surface area contributed by atoms with Gasteiger partial charge in [0.2, 0.25) is 16.6 Å². The predicted molar refractivity (Wildman–Crippen MR) is 552 cm³/mol. The average molecular weight is 2160 g/mol. The summed E-state index contributed by atoms with van der Waals surface area (Å²) in [5, 5.41) is 0. The van der Waals surface area contributed by atoms with E-state index in [2.05, 4.69) is 74.0 Å². The van der Waals surface area contributed by atoms with Crippen molar-refractivity contribution in [3.05, 3.63) is 24.6 Å². The fourth-order valence-corrected chi connectivity index (χ4v) is 55.8. The highest BCUT2D eigenvalue weighted by molar-refractivity contribution is 6.84. The van der Waals surface area contributed by atoms with Gasteiger partial charge in [0.25, 0.3) is 23.9 Å². The molecule has 784 valence electrons. The second-order valence-corrected chi connectivity index (χ2v) is 81.8. The number of carbonyl (C=O) groups excluding carboxylic acids is 4. The van der Waals surface area contributed by atoms with Crippen molar-refractivity contribution in [1.82, 2.24) is 0 Å². The highest BCUT2D eigenvalue weighted by atomic mass is 28.4. The number of hydrogen-bond acceptors (Lipinski definition) is 36. The smallest absolute Gasteiger partial charge is 0.520 e. The van der Waals surface area contributed by atoms with Crippen LogP contribution >= 0.6 is 0 Å². The Morgan fingerprint density at radius 2 is 0.531 bits per heavy atom. The van der Waals surface area contributed by atoms with Gasteiger partial charge in [-0.05, 0) is 167 Å². The van der Waals surface area contributed by atoms with Gasteiger partial charge in [-0.2, -0.15) is 0 Å². The van der Waals surface area contributed by atoms with Gasteiger partial charge in [0.05, 0.1) is 6.04 Å².